The number of hydrogen-bond acceptors (Lipinski definition) is 2. The van der Waals surface area contributed by atoms with Crippen molar-refractivity contribution in [2.75, 3.05) is 4.90 Å². The van der Waals surface area contributed by atoms with Crippen molar-refractivity contribution in [3.63, 3.8) is 0 Å². The lowest BCUT2D eigenvalue weighted by Crippen LogP contribution is -2.56. The lowest BCUT2D eigenvalue weighted by atomic mass is 9.45. The van der Waals surface area contributed by atoms with Gasteiger partial charge in [0.2, 0.25) is 5.88 Å². The summed E-state index contributed by atoms with van der Waals surface area (Å²) >= 11 is 0. The van der Waals surface area contributed by atoms with Gasteiger partial charge in [0.05, 0.1) is 11.0 Å². The molecule has 0 atom stereocenters. The molecule has 298 valence electrons. The molecule has 0 aliphatic carbocycles. The summed E-state index contributed by atoms with van der Waals surface area (Å²) < 4.78 is 12.4. The van der Waals surface area contributed by atoms with Gasteiger partial charge in [-0.2, -0.15) is 0 Å². The van der Waals surface area contributed by atoms with Crippen LogP contribution >= 0.6 is 0 Å². The van der Waals surface area contributed by atoms with Crippen LogP contribution in [-0.4, -0.2) is 15.9 Å². The van der Waals surface area contributed by atoms with Crippen LogP contribution < -0.4 is 15.8 Å². The summed E-state index contributed by atoms with van der Waals surface area (Å²) in [6.07, 6.45) is 0. The Morgan fingerprint density at radius 3 is 1.85 bits per heavy atom. The third-order valence-electron chi connectivity index (χ3n) is 13.8. The summed E-state index contributed by atoms with van der Waals surface area (Å²) in [5, 5.41) is 6.28. The predicted octanol–water partition coefficient (Wildman–Crippen LogP) is 13.9. The maximum absolute atomic E-state index is 7.16. The van der Waals surface area contributed by atoms with Crippen molar-refractivity contribution in [2.45, 2.75) is 78.6 Å². The van der Waals surface area contributed by atoms with Crippen LogP contribution in [0.5, 0.6) is 0 Å². The second-order valence-corrected chi connectivity index (χ2v) is 20.6. The molecule has 7 aromatic carbocycles. The average Bonchev–Trinajstić information content (AvgIpc) is 3.89. The summed E-state index contributed by atoms with van der Waals surface area (Å²) in [6.45, 7) is 20.8. The van der Waals surface area contributed by atoms with Gasteiger partial charge < -0.3 is 13.5 Å². The highest BCUT2D eigenvalue weighted by Crippen LogP contribution is 2.52. The summed E-state index contributed by atoms with van der Waals surface area (Å²) in [4.78, 5) is 2.44. The van der Waals surface area contributed by atoms with Crippen LogP contribution in [0.25, 0.3) is 71.4 Å². The minimum Gasteiger partial charge on any atom is -0.440 e. The van der Waals surface area contributed by atoms with Gasteiger partial charge in [-0.3, -0.25) is 4.90 Å². The molecular weight excluding hydrogens is 741 g/mol. The van der Waals surface area contributed by atoms with Crippen LogP contribution in [0.3, 0.4) is 0 Å². The van der Waals surface area contributed by atoms with Crippen molar-refractivity contribution in [3.8, 4) is 16.8 Å². The standard InChI is InChI=1S/C56H50BN3O/c1-54(2,3)33-23-26-37(27-24-33)59-46-31-35(56(7,8)9)30-42-49-48-38-19-13-15-21-43(38)58(36-17-11-10-12-18-36)45(48)32-41-40-29-34(55(4,5)6)25-28-44(40)60(52(41)49)57(50(42)46)51-39-20-14-16-22-47(39)61-53(51)59/h10-32H,1-9H3. The van der Waals surface area contributed by atoms with Gasteiger partial charge in [-0.1, -0.05) is 141 Å². The molecule has 0 N–H and O–H groups in total. The first kappa shape index (κ1) is 36.4. The van der Waals surface area contributed by atoms with E-state index in [4.69, 9.17) is 4.42 Å². The molecule has 0 unspecified atom stereocenters. The Bertz CT molecular complexity index is 3470. The smallest absolute Gasteiger partial charge is 0.337 e. The van der Waals surface area contributed by atoms with E-state index in [1.807, 2.05) is 0 Å². The van der Waals surface area contributed by atoms with E-state index in [0.717, 1.165) is 28.2 Å². The molecule has 4 nitrogen and oxygen atoms in total. The second kappa shape index (κ2) is 12.1. The normalized spacial score (nSPS) is 13.9. The molecule has 10 aromatic rings. The van der Waals surface area contributed by atoms with Gasteiger partial charge >= 0.3 is 6.85 Å². The highest BCUT2D eigenvalue weighted by molar-refractivity contribution is 6.91. The molecule has 5 heterocycles. The molecule has 2 aliphatic rings. The van der Waals surface area contributed by atoms with Gasteiger partial charge in [0.1, 0.15) is 5.58 Å². The molecular formula is C56H50BN3O. The van der Waals surface area contributed by atoms with Crippen LogP contribution in [-0.2, 0) is 16.2 Å². The van der Waals surface area contributed by atoms with Crippen LogP contribution in [0.2, 0.25) is 0 Å². The summed E-state index contributed by atoms with van der Waals surface area (Å²) in [7, 11) is 0. The third-order valence-corrected chi connectivity index (χ3v) is 13.8. The van der Waals surface area contributed by atoms with Gasteiger partial charge in [-0.25, -0.2) is 0 Å². The Morgan fingerprint density at radius 1 is 0.475 bits per heavy atom. The fourth-order valence-electron chi connectivity index (χ4n) is 10.6. The van der Waals surface area contributed by atoms with Gasteiger partial charge in [-0.05, 0) is 105 Å². The molecule has 5 heteroatoms. The van der Waals surface area contributed by atoms with Crippen molar-refractivity contribution in [2.24, 2.45) is 0 Å². The average molecular weight is 792 g/mol. The molecule has 61 heavy (non-hydrogen) atoms. The van der Waals surface area contributed by atoms with Crippen molar-refractivity contribution < 1.29 is 4.42 Å². The van der Waals surface area contributed by atoms with E-state index in [1.54, 1.807) is 0 Å². The molecule has 0 bridgehead atoms. The molecule has 0 fully saturated rings. The van der Waals surface area contributed by atoms with Crippen molar-refractivity contribution in [3.05, 3.63) is 156 Å². The Hall–Kier alpha value is -6.46. The fraction of sp³-hybridized carbons (Fsp3) is 0.214. The van der Waals surface area contributed by atoms with Crippen molar-refractivity contribution >= 4 is 89.6 Å². The van der Waals surface area contributed by atoms with Crippen LogP contribution in [0.15, 0.2) is 144 Å². The maximum Gasteiger partial charge on any atom is 0.337 e. The predicted molar refractivity (Wildman–Crippen MR) is 260 cm³/mol. The number of aromatic nitrogens is 2. The summed E-state index contributed by atoms with van der Waals surface area (Å²) in [5.41, 5.74) is 18.3. The van der Waals surface area contributed by atoms with Crippen LogP contribution in [0.4, 0.5) is 17.3 Å². The zero-order valence-corrected chi connectivity index (χ0v) is 36.6. The molecule has 0 amide bonds. The number of rotatable bonds is 2. The van der Waals surface area contributed by atoms with Gasteiger partial charge in [-0.15, -0.1) is 0 Å². The third kappa shape index (κ3) is 5.01. The topological polar surface area (TPSA) is 26.2 Å². The first-order chi connectivity index (χ1) is 29.2. The highest BCUT2D eigenvalue weighted by atomic mass is 16.4. The fourth-order valence-corrected chi connectivity index (χ4v) is 10.6. The van der Waals surface area contributed by atoms with Gasteiger partial charge in [0.15, 0.2) is 0 Å². The van der Waals surface area contributed by atoms with Gasteiger partial charge in [0.25, 0.3) is 0 Å². The molecule has 0 saturated heterocycles. The maximum atomic E-state index is 7.16. The summed E-state index contributed by atoms with van der Waals surface area (Å²) in [6, 6.07) is 52.6. The van der Waals surface area contributed by atoms with E-state index in [-0.39, 0.29) is 23.1 Å². The number of anilines is 3. The zero-order valence-electron chi connectivity index (χ0n) is 36.6. The van der Waals surface area contributed by atoms with Crippen LogP contribution in [0, 0.1) is 0 Å². The molecule has 2 aliphatic heterocycles. The Morgan fingerprint density at radius 2 is 1.13 bits per heavy atom. The van der Waals surface area contributed by atoms with E-state index in [0.29, 0.717) is 0 Å². The zero-order chi connectivity index (χ0) is 41.9. The molecule has 0 saturated carbocycles. The van der Waals surface area contributed by atoms with Crippen LogP contribution in [0.1, 0.15) is 79.0 Å². The monoisotopic (exact) mass is 791 g/mol. The number of benzene rings is 7. The number of fused-ring (bicyclic) bond motifs is 13. The van der Waals surface area contributed by atoms with E-state index < -0.39 is 0 Å². The first-order valence-electron chi connectivity index (χ1n) is 21.9. The Labute approximate surface area is 358 Å². The Kier molecular flexibility index (Phi) is 7.22. The SMILES string of the molecule is CC(C)(C)c1ccc(N2c3cc(C(C)(C)C)cc4c3B(c3c2oc2ccccc32)n2c3ccc(C(C)(C)C)cc3c3cc5c(c-4c32)c2ccccc2n5-c2ccccc2)cc1. The largest absolute Gasteiger partial charge is 0.440 e. The molecule has 0 spiro atoms. The van der Waals surface area contributed by atoms with Gasteiger partial charge in [0, 0.05) is 66.1 Å². The number of hydrogen-bond donors (Lipinski definition) is 0. The Balaban J connectivity index is 1.32. The number of furan rings is 1. The van der Waals surface area contributed by atoms with Crippen molar-refractivity contribution in [1.29, 1.82) is 0 Å². The first-order valence-corrected chi connectivity index (χ1v) is 21.9. The van der Waals surface area contributed by atoms with E-state index in [2.05, 4.69) is 216 Å². The quantitative estimate of drug-likeness (QED) is 0.163. The lowest BCUT2D eigenvalue weighted by Gasteiger charge is -2.39. The lowest BCUT2D eigenvalue weighted by molar-refractivity contribution is 0.589. The number of nitrogens with zero attached hydrogens (tertiary/aromatic N) is 3. The highest BCUT2D eigenvalue weighted by Gasteiger charge is 2.47. The molecule has 0 radical (unpaired) electrons. The summed E-state index contributed by atoms with van der Waals surface area (Å²) in [5.74, 6) is 0.894. The van der Waals surface area contributed by atoms with Crippen molar-refractivity contribution in [1.82, 2.24) is 9.05 Å². The number of para-hydroxylation sites is 3. The minimum atomic E-state index is -0.131. The van der Waals surface area contributed by atoms with E-state index in [1.165, 1.54) is 88.0 Å². The second-order valence-electron chi connectivity index (χ2n) is 20.6. The molecule has 3 aromatic heterocycles. The minimum absolute atomic E-state index is 0.0196. The van der Waals surface area contributed by atoms with E-state index >= 15 is 0 Å². The van der Waals surface area contributed by atoms with E-state index in [9.17, 15) is 0 Å². The molecule has 12 rings (SSSR count).